The summed E-state index contributed by atoms with van der Waals surface area (Å²) >= 11 is 0. The molecule has 0 saturated heterocycles. The van der Waals surface area contributed by atoms with E-state index in [4.69, 9.17) is 16.0 Å². The van der Waals surface area contributed by atoms with Gasteiger partial charge in [-0.15, -0.1) is 0 Å². The van der Waals surface area contributed by atoms with Crippen LogP contribution >= 0.6 is 0 Å². The van der Waals surface area contributed by atoms with E-state index in [1.807, 2.05) is 12.1 Å². The molecule has 0 bridgehead atoms. The van der Waals surface area contributed by atoms with Crippen LogP contribution in [-0.2, 0) is 0 Å². The predicted octanol–water partition coefficient (Wildman–Crippen LogP) is 0.921. The van der Waals surface area contributed by atoms with E-state index in [0.717, 1.165) is 5.56 Å². The number of nitrogens with zero attached hydrogens (tertiary/aromatic N) is 2. The van der Waals surface area contributed by atoms with Gasteiger partial charge in [-0.3, -0.25) is 4.79 Å². The average molecular weight is 230 g/mol. The van der Waals surface area contributed by atoms with E-state index in [2.05, 4.69) is 10.1 Å². The van der Waals surface area contributed by atoms with Crippen molar-refractivity contribution in [2.24, 2.45) is 5.73 Å². The standard InChI is InChI=1S/C11H10N4O2/c12-8-3-1-2-7(6-8)4-5-9-14-11(10(13)16)15-17-9/h1-6H,12H2,(H2,13,16)/b5-4+. The first-order valence-corrected chi connectivity index (χ1v) is 4.82. The zero-order valence-electron chi connectivity index (χ0n) is 8.83. The lowest BCUT2D eigenvalue weighted by Gasteiger charge is -1.93. The largest absolute Gasteiger partial charge is 0.399 e. The minimum atomic E-state index is -0.725. The van der Waals surface area contributed by atoms with Crippen LogP contribution in [0, 0.1) is 0 Å². The van der Waals surface area contributed by atoms with Crippen LogP contribution in [-0.4, -0.2) is 16.0 Å². The highest BCUT2D eigenvalue weighted by atomic mass is 16.5. The Hall–Kier alpha value is -2.63. The van der Waals surface area contributed by atoms with Crippen molar-refractivity contribution in [3.63, 3.8) is 0 Å². The summed E-state index contributed by atoms with van der Waals surface area (Å²) < 4.78 is 4.80. The Labute approximate surface area is 96.9 Å². The van der Waals surface area contributed by atoms with Crippen LogP contribution in [0.2, 0.25) is 0 Å². The molecule has 0 spiro atoms. The molecule has 0 aliphatic carbocycles. The average Bonchev–Trinajstić information content (AvgIpc) is 2.75. The van der Waals surface area contributed by atoms with Gasteiger partial charge in [0.2, 0.25) is 0 Å². The van der Waals surface area contributed by atoms with Crippen LogP contribution in [0.3, 0.4) is 0 Å². The molecule has 2 aromatic rings. The lowest BCUT2D eigenvalue weighted by molar-refractivity contribution is 0.0987. The first kappa shape index (κ1) is 10.9. The van der Waals surface area contributed by atoms with Crippen LogP contribution in [0.1, 0.15) is 22.1 Å². The topological polar surface area (TPSA) is 108 Å². The summed E-state index contributed by atoms with van der Waals surface area (Å²) in [6.07, 6.45) is 3.32. The molecule has 0 aliphatic rings. The molecule has 1 aromatic carbocycles. The molecular formula is C11H10N4O2. The third-order valence-electron chi connectivity index (χ3n) is 1.99. The molecule has 0 atom stereocenters. The van der Waals surface area contributed by atoms with E-state index in [1.165, 1.54) is 0 Å². The maximum absolute atomic E-state index is 10.7. The number of rotatable bonds is 3. The number of nitrogen functional groups attached to an aromatic ring is 1. The Morgan fingerprint density at radius 2 is 2.18 bits per heavy atom. The van der Waals surface area contributed by atoms with E-state index >= 15 is 0 Å². The van der Waals surface area contributed by atoms with E-state index in [1.54, 1.807) is 24.3 Å². The van der Waals surface area contributed by atoms with Gasteiger partial charge < -0.3 is 16.0 Å². The van der Waals surface area contributed by atoms with Crippen molar-refractivity contribution in [2.75, 3.05) is 5.73 Å². The second-order valence-electron chi connectivity index (χ2n) is 3.32. The van der Waals surface area contributed by atoms with Gasteiger partial charge in [0.05, 0.1) is 0 Å². The summed E-state index contributed by atoms with van der Waals surface area (Å²) in [6.45, 7) is 0. The molecule has 0 unspecified atom stereocenters. The quantitative estimate of drug-likeness (QED) is 0.762. The molecule has 0 radical (unpaired) electrons. The number of anilines is 1. The van der Waals surface area contributed by atoms with Crippen LogP contribution in [0.25, 0.3) is 12.2 Å². The molecule has 0 aliphatic heterocycles. The zero-order chi connectivity index (χ0) is 12.3. The van der Waals surface area contributed by atoms with E-state index in [0.29, 0.717) is 5.69 Å². The number of amides is 1. The smallest absolute Gasteiger partial charge is 0.290 e. The molecule has 0 fully saturated rings. The first-order valence-electron chi connectivity index (χ1n) is 4.82. The summed E-state index contributed by atoms with van der Waals surface area (Å²) in [5.41, 5.74) is 12.2. The van der Waals surface area contributed by atoms with Crippen molar-refractivity contribution in [3.05, 3.63) is 41.5 Å². The van der Waals surface area contributed by atoms with Gasteiger partial charge in [-0.1, -0.05) is 17.3 Å². The lowest BCUT2D eigenvalue weighted by Crippen LogP contribution is -2.12. The summed E-state index contributed by atoms with van der Waals surface area (Å²) in [5, 5.41) is 3.41. The monoisotopic (exact) mass is 230 g/mol. The molecular weight excluding hydrogens is 220 g/mol. The Kier molecular flexibility index (Phi) is 2.87. The molecule has 17 heavy (non-hydrogen) atoms. The minimum Gasteiger partial charge on any atom is -0.399 e. The van der Waals surface area contributed by atoms with Gasteiger partial charge in [0.25, 0.3) is 17.6 Å². The SMILES string of the molecule is NC(=O)c1noc(/C=C/c2cccc(N)c2)n1. The summed E-state index contributed by atoms with van der Waals surface area (Å²) in [7, 11) is 0. The van der Waals surface area contributed by atoms with Crippen LogP contribution in [0.4, 0.5) is 5.69 Å². The molecule has 1 amide bonds. The number of hydrogen-bond acceptors (Lipinski definition) is 5. The fraction of sp³-hybridized carbons (Fsp3) is 0. The number of aromatic nitrogens is 2. The van der Waals surface area contributed by atoms with Crippen molar-refractivity contribution in [2.45, 2.75) is 0 Å². The van der Waals surface area contributed by atoms with Crippen molar-refractivity contribution in [3.8, 4) is 0 Å². The van der Waals surface area contributed by atoms with Gasteiger partial charge in [0, 0.05) is 11.8 Å². The maximum atomic E-state index is 10.7. The van der Waals surface area contributed by atoms with E-state index in [9.17, 15) is 4.79 Å². The Morgan fingerprint density at radius 3 is 2.82 bits per heavy atom. The first-order chi connectivity index (χ1) is 8.15. The van der Waals surface area contributed by atoms with E-state index < -0.39 is 5.91 Å². The molecule has 1 aromatic heterocycles. The number of carbonyl (C=O) groups is 1. The summed E-state index contributed by atoms with van der Waals surface area (Å²) in [4.78, 5) is 14.5. The van der Waals surface area contributed by atoms with Crippen LogP contribution in [0.5, 0.6) is 0 Å². The Bertz CT molecular complexity index is 574. The zero-order valence-corrected chi connectivity index (χ0v) is 8.83. The highest BCUT2D eigenvalue weighted by molar-refractivity contribution is 5.88. The molecule has 86 valence electrons. The maximum Gasteiger partial charge on any atom is 0.290 e. The molecule has 6 heteroatoms. The lowest BCUT2D eigenvalue weighted by atomic mass is 10.2. The fourth-order valence-electron chi connectivity index (χ4n) is 1.23. The van der Waals surface area contributed by atoms with Gasteiger partial charge in [-0.05, 0) is 23.8 Å². The number of nitrogens with two attached hydrogens (primary N) is 2. The van der Waals surface area contributed by atoms with Crippen molar-refractivity contribution in [1.29, 1.82) is 0 Å². The van der Waals surface area contributed by atoms with Crippen LogP contribution in [0.15, 0.2) is 28.8 Å². The molecule has 4 N–H and O–H groups in total. The Balaban J connectivity index is 2.17. The summed E-state index contributed by atoms with van der Waals surface area (Å²) in [6, 6.07) is 7.28. The third kappa shape index (κ3) is 2.69. The van der Waals surface area contributed by atoms with Crippen molar-refractivity contribution >= 4 is 23.7 Å². The minimum absolute atomic E-state index is 0.141. The molecule has 6 nitrogen and oxygen atoms in total. The van der Waals surface area contributed by atoms with Gasteiger partial charge in [0.15, 0.2) is 0 Å². The van der Waals surface area contributed by atoms with Gasteiger partial charge in [-0.2, -0.15) is 4.98 Å². The second kappa shape index (κ2) is 4.48. The number of primary amides is 1. The second-order valence-corrected chi connectivity index (χ2v) is 3.32. The fourth-order valence-corrected chi connectivity index (χ4v) is 1.23. The normalized spacial score (nSPS) is 10.8. The van der Waals surface area contributed by atoms with Gasteiger partial charge in [0.1, 0.15) is 0 Å². The van der Waals surface area contributed by atoms with Gasteiger partial charge >= 0.3 is 0 Å². The molecule has 0 saturated carbocycles. The number of carbonyl (C=O) groups excluding carboxylic acids is 1. The third-order valence-corrected chi connectivity index (χ3v) is 1.99. The van der Waals surface area contributed by atoms with Crippen molar-refractivity contribution in [1.82, 2.24) is 10.1 Å². The molecule has 1 heterocycles. The highest BCUT2D eigenvalue weighted by Gasteiger charge is 2.08. The number of hydrogen-bond donors (Lipinski definition) is 2. The van der Waals surface area contributed by atoms with Gasteiger partial charge in [-0.25, -0.2) is 0 Å². The summed E-state index contributed by atoms with van der Waals surface area (Å²) in [5.74, 6) is -0.657. The molecule has 2 rings (SSSR count). The van der Waals surface area contributed by atoms with E-state index in [-0.39, 0.29) is 11.7 Å². The highest BCUT2D eigenvalue weighted by Crippen LogP contribution is 2.10. The Morgan fingerprint density at radius 1 is 1.35 bits per heavy atom. The van der Waals surface area contributed by atoms with Crippen molar-refractivity contribution < 1.29 is 9.32 Å². The number of benzene rings is 1. The van der Waals surface area contributed by atoms with Crippen LogP contribution < -0.4 is 11.5 Å². The predicted molar refractivity (Wildman–Crippen MR) is 62.6 cm³/mol.